The van der Waals surface area contributed by atoms with Crippen molar-refractivity contribution in [3.05, 3.63) is 70.9 Å². The molecule has 2 aromatic carbocycles. The van der Waals surface area contributed by atoms with Crippen molar-refractivity contribution in [2.45, 2.75) is 46.1 Å². The average Bonchev–Trinajstić information content (AvgIpc) is 3.10. The lowest BCUT2D eigenvalue weighted by atomic mass is 10.1. The van der Waals surface area contributed by atoms with Crippen LogP contribution in [0.15, 0.2) is 48.7 Å². The summed E-state index contributed by atoms with van der Waals surface area (Å²) in [6.45, 7) is 8.50. The number of fused-ring (bicyclic) bond motifs is 1. The van der Waals surface area contributed by atoms with Crippen LogP contribution in [0.3, 0.4) is 0 Å². The molecule has 0 aliphatic rings. The van der Waals surface area contributed by atoms with Gasteiger partial charge < -0.3 is 15.6 Å². The Morgan fingerprint density at radius 3 is 2.21 bits per heavy atom. The highest BCUT2D eigenvalue weighted by Crippen LogP contribution is 2.22. The summed E-state index contributed by atoms with van der Waals surface area (Å²) in [5, 5.41) is 7.09. The second-order valence-electron chi connectivity index (χ2n) is 8.29. The average molecular weight is 392 g/mol. The molecule has 1 heterocycles. The van der Waals surface area contributed by atoms with Crippen molar-refractivity contribution >= 4 is 22.7 Å². The molecule has 0 aliphatic carbocycles. The minimum Gasteiger partial charge on any atom is -0.361 e. The minimum absolute atomic E-state index is 0.137. The van der Waals surface area contributed by atoms with Crippen LogP contribution in [0, 0.1) is 0 Å². The van der Waals surface area contributed by atoms with E-state index in [0.717, 1.165) is 12.8 Å². The predicted molar refractivity (Wildman–Crippen MR) is 117 cm³/mol. The van der Waals surface area contributed by atoms with E-state index in [9.17, 15) is 9.59 Å². The molecule has 3 rings (SSSR count). The molecule has 0 atom stereocenters. The summed E-state index contributed by atoms with van der Waals surface area (Å²) >= 11 is 0. The van der Waals surface area contributed by atoms with Crippen LogP contribution in [0.1, 0.15) is 59.5 Å². The highest BCUT2D eigenvalue weighted by atomic mass is 16.2. The van der Waals surface area contributed by atoms with Gasteiger partial charge in [-0.1, -0.05) is 25.1 Å². The molecule has 0 spiro atoms. The van der Waals surface area contributed by atoms with Crippen LogP contribution >= 0.6 is 0 Å². The van der Waals surface area contributed by atoms with Crippen molar-refractivity contribution in [3.8, 4) is 0 Å². The Bertz CT molecular complexity index is 1010. The first-order valence-corrected chi connectivity index (χ1v) is 10.1. The van der Waals surface area contributed by atoms with E-state index in [4.69, 9.17) is 0 Å². The van der Waals surface area contributed by atoms with E-state index in [1.807, 2.05) is 27.0 Å². The zero-order chi connectivity index (χ0) is 21.0. The Morgan fingerprint density at radius 2 is 1.59 bits per heavy atom. The molecule has 3 aromatic rings. The van der Waals surface area contributed by atoms with Gasteiger partial charge >= 0.3 is 0 Å². The Labute approximate surface area is 171 Å². The first kappa shape index (κ1) is 20.6. The number of aromatic nitrogens is 1. The standard InChI is InChI=1S/C24H29N3O2/c1-5-16-7-6-8-20-19(15-26-21(16)20)13-14-25-22(28)17-9-11-18(12-10-17)23(29)27-24(2,3)4/h6-12,15,26H,5,13-14H2,1-4H3,(H,25,28)(H,27,29). The van der Waals surface area contributed by atoms with Gasteiger partial charge in [-0.05, 0) is 69.0 Å². The second kappa shape index (κ2) is 8.52. The van der Waals surface area contributed by atoms with Gasteiger partial charge in [0.1, 0.15) is 0 Å². The number of hydrogen-bond acceptors (Lipinski definition) is 2. The monoisotopic (exact) mass is 391 g/mol. The molecule has 0 saturated heterocycles. The highest BCUT2D eigenvalue weighted by molar-refractivity contribution is 5.98. The van der Waals surface area contributed by atoms with Crippen LogP contribution in [-0.2, 0) is 12.8 Å². The van der Waals surface area contributed by atoms with E-state index in [2.05, 4.69) is 40.7 Å². The van der Waals surface area contributed by atoms with Gasteiger partial charge in [0, 0.05) is 40.3 Å². The van der Waals surface area contributed by atoms with Gasteiger partial charge in [0.05, 0.1) is 0 Å². The van der Waals surface area contributed by atoms with E-state index in [0.29, 0.717) is 17.7 Å². The molecule has 2 amide bonds. The number of nitrogens with one attached hydrogen (secondary N) is 3. The van der Waals surface area contributed by atoms with Crippen LogP contribution in [-0.4, -0.2) is 28.9 Å². The fourth-order valence-corrected chi connectivity index (χ4v) is 3.38. The molecule has 0 unspecified atom stereocenters. The molecule has 0 fully saturated rings. The van der Waals surface area contributed by atoms with Crippen molar-refractivity contribution in [3.63, 3.8) is 0 Å². The number of amides is 2. The summed E-state index contributed by atoms with van der Waals surface area (Å²) in [4.78, 5) is 28.0. The molecule has 5 nitrogen and oxygen atoms in total. The molecule has 1 aromatic heterocycles. The molecule has 152 valence electrons. The highest BCUT2D eigenvalue weighted by Gasteiger charge is 2.15. The van der Waals surface area contributed by atoms with E-state index < -0.39 is 0 Å². The number of carbonyl (C=O) groups excluding carboxylic acids is 2. The summed E-state index contributed by atoms with van der Waals surface area (Å²) in [6.07, 6.45) is 3.77. The van der Waals surface area contributed by atoms with Gasteiger partial charge in [-0.15, -0.1) is 0 Å². The molecule has 3 N–H and O–H groups in total. The number of hydrogen-bond donors (Lipinski definition) is 3. The maximum absolute atomic E-state index is 12.4. The Morgan fingerprint density at radius 1 is 0.931 bits per heavy atom. The molecule has 0 bridgehead atoms. The fourth-order valence-electron chi connectivity index (χ4n) is 3.38. The maximum atomic E-state index is 12.4. The zero-order valence-electron chi connectivity index (χ0n) is 17.6. The van der Waals surface area contributed by atoms with Gasteiger partial charge in [-0.25, -0.2) is 0 Å². The van der Waals surface area contributed by atoms with Gasteiger partial charge in [-0.3, -0.25) is 9.59 Å². The first-order valence-electron chi connectivity index (χ1n) is 10.1. The third-order valence-corrected chi connectivity index (χ3v) is 4.85. The van der Waals surface area contributed by atoms with E-state index in [-0.39, 0.29) is 17.4 Å². The summed E-state index contributed by atoms with van der Waals surface area (Å²) in [7, 11) is 0. The number of rotatable bonds is 6. The normalized spacial score (nSPS) is 11.4. The summed E-state index contributed by atoms with van der Waals surface area (Å²) in [5.74, 6) is -0.280. The lowest BCUT2D eigenvalue weighted by molar-refractivity contribution is 0.0915. The second-order valence-corrected chi connectivity index (χ2v) is 8.29. The number of carbonyl (C=O) groups is 2. The summed E-state index contributed by atoms with van der Waals surface area (Å²) < 4.78 is 0. The summed E-state index contributed by atoms with van der Waals surface area (Å²) in [5.41, 5.74) is 4.47. The Hall–Kier alpha value is -3.08. The van der Waals surface area contributed by atoms with Crippen molar-refractivity contribution in [2.24, 2.45) is 0 Å². The van der Waals surface area contributed by atoms with Crippen molar-refractivity contribution in [1.29, 1.82) is 0 Å². The van der Waals surface area contributed by atoms with E-state index >= 15 is 0 Å². The molecular formula is C24H29N3O2. The lowest BCUT2D eigenvalue weighted by Gasteiger charge is -2.20. The van der Waals surface area contributed by atoms with Gasteiger partial charge in [-0.2, -0.15) is 0 Å². The van der Waals surface area contributed by atoms with Crippen LogP contribution < -0.4 is 10.6 Å². The van der Waals surface area contributed by atoms with Crippen LogP contribution in [0.5, 0.6) is 0 Å². The van der Waals surface area contributed by atoms with Gasteiger partial charge in [0.15, 0.2) is 0 Å². The quantitative estimate of drug-likeness (QED) is 0.588. The third-order valence-electron chi connectivity index (χ3n) is 4.85. The number of aromatic amines is 1. The molecule has 29 heavy (non-hydrogen) atoms. The Kier molecular flexibility index (Phi) is 6.06. The number of aryl methyl sites for hydroxylation is 1. The molecular weight excluding hydrogens is 362 g/mol. The van der Waals surface area contributed by atoms with Crippen LogP contribution in [0.25, 0.3) is 10.9 Å². The van der Waals surface area contributed by atoms with Gasteiger partial charge in [0.25, 0.3) is 11.8 Å². The number of para-hydroxylation sites is 1. The molecule has 0 saturated carbocycles. The van der Waals surface area contributed by atoms with E-state index in [1.54, 1.807) is 24.3 Å². The third kappa shape index (κ3) is 5.05. The zero-order valence-corrected chi connectivity index (χ0v) is 17.6. The predicted octanol–water partition coefficient (Wildman–Crippen LogP) is 4.23. The smallest absolute Gasteiger partial charge is 0.251 e. The minimum atomic E-state index is -0.298. The van der Waals surface area contributed by atoms with Crippen molar-refractivity contribution in [2.75, 3.05) is 6.54 Å². The van der Waals surface area contributed by atoms with Crippen LogP contribution in [0.4, 0.5) is 0 Å². The SMILES string of the molecule is CCc1cccc2c(CCNC(=O)c3ccc(C(=O)NC(C)(C)C)cc3)c[nH]c12. The summed E-state index contributed by atoms with van der Waals surface area (Å²) in [6, 6.07) is 13.1. The topological polar surface area (TPSA) is 74.0 Å². The van der Waals surface area contributed by atoms with E-state index in [1.165, 1.54) is 22.0 Å². The molecule has 5 heteroatoms. The fraction of sp³-hybridized carbons (Fsp3) is 0.333. The largest absolute Gasteiger partial charge is 0.361 e. The number of H-pyrrole nitrogens is 1. The van der Waals surface area contributed by atoms with Crippen LogP contribution in [0.2, 0.25) is 0 Å². The van der Waals surface area contributed by atoms with Gasteiger partial charge in [0.2, 0.25) is 0 Å². The lowest BCUT2D eigenvalue weighted by Crippen LogP contribution is -2.40. The van der Waals surface area contributed by atoms with Crippen molar-refractivity contribution in [1.82, 2.24) is 15.6 Å². The van der Waals surface area contributed by atoms with Crippen molar-refractivity contribution < 1.29 is 9.59 Å². The molecule has 0 aliphatic heterocycles. The Balaban J connectivity index is 1.58. The first-order chi connectivity index (χ1) is 13.8. The molecule has 0 radical (unpaired) electrons. The maximum Gasteiger partial charge on any atom is 0.251 e. The number of benzene rings is 2.